The van der Waals surface area contributed by atoms with E-state index in [4.69, 9.17) is 13.9 Å². The summed E-state index contributed by atoms with van der Waals surface area (Å²) in [6, 6.07) is 19.6. The van der Waals surface area contributed by atoms with Crippen molar-refractivity contribution >= 4 is 34.2 Å². The standard InChI is InChI=1S/C25H20N2O6/c1-31-19-7-5-16(6-8-19)25(30)27-18-4-2-3-17(13-18)26-24(29)15-33-20-9-10-21-22(28)11-12-32-23(21)14-20/h2-14H,15H2,1H3,(H,26,29)(H,27,30). The molecule has 2 N–H and O–H groups in total. The van der Waals surface area contributed by atoms with Gasteiger partial charge in [-0.05, 0) is 54.6 Å². The van der Waals surface area contributed by atoms with Crippen molar-refractivity contribution in [3.05, 3.63) is 94.8 Å². The Hall–Kier alpha value is -4.59. The van der Waals surface area contributed by atoms with Crippen molar-refractivity contribution in [2.24, 2.45) is 0 Å². The fourth-order valence-electron chi connectivity index (χ4n) is 3.12. The lowest BCUT2D eigenvalue weighted by Crippen LogP contribution is -2.20. The number of fused-ring (bicyclic) bond motifs is 1. The SMILES string of the molecule is COc1ccc(C(=O)Nc2cccc(NC(=O)COc3ccc4c(=O)ccoc4c3)c2)cc1. The third kappa shape index (κ3) is 5.37. The van der Waals surface area contributed by atoms with Crippen molar-refractivity contribution < 1.29 is 23.5 Å². The zero-order valence-corrected chi connectivity index (χ0v) is 17.7. The molecular weight excluding hydrogens is 424 g/mol. The van der Waals surface area contributed by atoms with Crippen molar-refractivity contribution in [1.29, 1.82) is 0 Å². The van der Waals surface area contributed by atoms with E-state index < -0.39 is 0 Å². The number of carbonyl (C=O) groups excluding carboxylic acids is 2. The lowest BCUT2D eigenvalue weighted by atomic mass is 10.2. The van der Waals surface area contributed by atoms with Crippen molar-refractivity contribution in [1.82, 2.24) is 0 Å². The van der Waals surface area contributed by atoms with Crippen molar-refractivity contribution in [2.45, 2.75) is 0 Å². The average molecular weight is 444 g/mol. The van der Waals surface area contributed by atoms with Gasteiger partial charge in [0, 0.05) is 29.1 Å². The summed E-state index contributed by atoms with van der Waals surface area (Å²) in [4.78, 5) is 36.5. The maximum absolute atomic E-state index is 12.4. The summed E-state index contributed by atoms with van der Waals surface area (Å²) in [6.45, 7) is -0.245. The van der Waals surface area contributed by atoms with E-state index >= 15 is 0 Å². The van der Waals surface area contributed by atoms with Gasteiger partial charge < -0.3 is 24.5 Å². The van der Waals surface area contributed by atoms with Crippen LogP contribution in [0.15, 0.2) is 88.3 Å². The Kier molecular flexibility index (Phi) is 6.36. The number of hydrogen-bond donors (Lipinski definition) is 2. The van der Waals surface area contributed by atoms with E-state index in [1.54, 1.807) is 73.8 Å². The van der Waals surface area contributed by atoms with Crippen LogP contribution in [0.25, 0.3) is 11.0 Å². The number of nitrogens with one attached hydrogen (secondary N) is 2. The number of hydrogen-bond acceptors (Lipinski definition) is 6. The molecule has 33 heavy (non-hydrogen) atoms. The Bertz CT molecular complexity index is 1360. The third-order valence-corrected chi connectivity index (χ3v) is 4.76. The molecule has 0 aliphatic heterocycles. The molecule has 2 amide bonds. The predicted molar refractivity (Wildman–Crippen MR) is 124 cm³/mol. The van der Waals surface area contributed by atoms with Gasteiger partial charge >= 0.3 is 0 Å². The average Bonchev–Trinajstić information content (AvgIpc) is 2.83. The minimum Gasteiger partial charge on any atom is -0.497 e. The molecule has 0 spiro atoms. The smallest absolute Gasteiger partial charge is 0.262 e. The summed E-state index contributed by atoms with van der Waals surface area (Å²) in [5.74, 6) is 0.384. The normalized spacial score (nSPS) is 10.5. The fraction of sp³-hybridized carbons (Fsp3) is 0.0800. The molecule has 4 aromatic rings. The van der Waals surface area contributed by atoms with Gasteiger partial charge in [0.15, 0.2) is 12.0 Å². The van der Waals surface area contributed by atoms with Gasteiger partial charge in [-0.15, -0.1) is 0 Å². The molecule has 0 radical (unpaired) electrons. The summed E-state index contributed by atoms with van der Waals surface area (Å²) in [6.07, 6.45) is 1.31. The molecule has 1 heterocycles. The van der Waals surface area contributed by atoms with Crippen molar-refractivity contribution in [3.63, 3.8) is 0 Å². The first kappa shape index (κ1) is 21.6. The minimum atomic E-state index is -0.386. The largest absolute Gasteiger partial charge is 0.497 e. The maximum atomic E-state index is 12.4. The first-order chi connectivity index (χ1) is 16.0. The van der Waals surface area contributed by atoms with Crippen LogP contribution in [0.3, 0.4) is 0 Å². The zero-order chi connectivity index (χ0) is 23.2. The third-order valence-electron chi connectivity index (χ3n) is 4.76. The molecule has 0 unspecified atom stereocenters. The molecule has 0 atom stereocenters. The molecule has 4 rings (SSSR count). The highest BCUT2D eigenvalue weighted by Crippen LogP contribution is 2.20. The number of rotatable bonds is 7. The van der Waals surface area contributed by atoms with E-state index in [1.807, 2.05) is 0 Å². The van der Waals surface area contributed by atoms with Gasteiger partial charge in [-0.1, -0.05) is 6.07 Å². The molecule has 0 aliphatic rings. The highest BCUT2D eigenvalue weighted by atomic mass is 16.5. The van der Waals surface area contributed by atoms with Crippen LogP contribution in [-0.4, -0.2) is 25.5 Å². The quantitative estimate of drug-likeness (QED) is 0.445. The molecule has 0 bridgehead atoms. The van der Waals surface area contributed by atoms with E-state index in [9.17, 15) is 14.4 Å². The summed E-state index contributed by atoms with van der Waals surface area (Å²) < 4.78 is 15.9. The van der Waals surface area contributed by atoms with Gasteiger partial charge in [-0.25, -0.2) is 0 Å². The predicted octanol–water partition coefficient (Wildman–Crippen LogP) is 4.07. The van der Waals surface area contributed by atoms with Crippen molar-refractivity contribution in [2.75, 3.05) is 24.4 Å². The Balaban J connectivity index is 1.35. The topological polar surface area (TPSA) is 107 Å². The molecule has 0 saturated heterocycles. The van der Waals surface area contributed by atoms with Gasteiger partial charge in [-0.2, -0.15) is 0 Å². The fourth-order valence-corrected chi connectivity index (χ4v) is 3.12. The lowest BCUT2D eigenvalue weighted by molar-refractivity contribution is -0.118. The van der Waals surface area contributed by atoms with Crippen LogP contribution >= 0.6 is 0 Å². The van der Waals surface area contributed by atoms with Gasteiger partial charge in [0.1, 0.15) is 17.1 Å². The van der Waals surface area contributed by atoms with Crippen LogP contribution in [0.2, 0.25) is 0 Å². The Morgan fingerprint density at radius 1 is 0.879 bits per heavy atom. The van der Waals surface area contributed by atoms with Crippen LogP contribution in [0.5, 0.6) is 11.5 Å². The van der Waals surface area contributed by atoms with E-state index in [0.717, 1.165) is 0 Å². The second-order valence-electron chi connectivity index (χ2n) is 7.04. The number of benzene rings is 3. The number of methoxy groups -OCH3 is 1. The van der Waals surface area contributed by atoms with Gasteiger partial charge in [-0.3, -0.25) is 14.4 Å². The molecule has 0 saturated carbocycles. The molecule has 1 aromatic heterocycles. The highest BCUT2D eigenvalue weighted by Gasteiger charge is 2.09. The van der Waals surface area contributed by atoms with Crippen LogP contribution in [0.4, 0.5) is 11.4 Å². The van der Waals surface area contributed by atoms with Crippen LogP contribution in [0.1, 0.15) is 10.4 Å². The molecule has 166 valence electrons. The zero-order valence-electron chi connectivity index (χ0n) is 17.7. The number of carbonyl (C=O) groups is 2. The van der Waals surface area contributed by atoms with Gasteiger partial charge in [0.25, 0.3) is 11.8 Å². The van der Waals surface area contributed by atoms with Gasteiger partial charge in [0.05, 0.1) is 18.8 Å². The first-order valence-electron chi connectivity index (χ1n) is 10.0. The Morgan fingerprint density at radius 2 is 1.61 bits per heavy atom. The summed E-state index contributed by atoms with van der Waals surface area (Å²) in [5, 5.41) is 5.95. The Morgan fingerprint density at radius 3 is 2.36 bits per heavy atom. The summed E-state index contributed by atoms with van der Waals surface area (Å²) in [7, 11) is 1.56. The maximum Gasteiger partial charge on any atom is 0.262 e. The van der Waals surface area contributed by atoms with Crippen molar-refractivity contribution in [3.8, 4) is 11.5 Å². The minimum absolute atomic E-state index is 0.153. The van der Waals surface area contributed by atoms with E-state index in [-0.39, 0.29) is 23.9 Å². The molecular formula is C25H20N2O6. The lowest BCUT2D eigenvalue weighted by Gasteiger charge is -2.10. The molecule has 0 fully saturated rings. The van der Waals surface area contributed by atoms with E-state index in [1.165, 1.54) is 12.3 Å². The summed E-state index contributed by atoms with van der Waals surface area (Å²) >= 11 is 0. The highest BCUT2D eigenvalue weighted by molar-refractivity contribution is 6.04. The summed E-state index contributed by atoms with van der Waals surface area (Å²) in [5.41, 5.74) is 1.73. The number of anilines is 2. The van der Waals surface area contributed by atoms with Crippen LogP contribution in [0, 0.1) is 0 Å². The van der Waals surface area contributed by atoms with Crippen LogP contribution < -0.4 is 25.5 Å². The van der Waals surface area contributed by atoms with Gasteiger partial charge in [0.2, 0.25) is 0 Å². The van der Waals surface area contributed by atoms with E-state index in [0.29, 0.717) is 39.4 Å². The molecule has 8 heteroatoms. The number of amides is 2. The monoisotopic (exact) mass is 444 g/mol. The second kappa shape index (κ2) is 9.69. The first-order valence-corrected chi connectivity index (χ1v) is 10.0. The number of ether oxygens (including phenoxy) is 2. The molecule has 0 aliphatic carbocycles. The molecule has 3 aromatic carbocycles. The van der Waals surface area contributed by atoms with Crippen LogP contribution in [-0.2, 0) is 4.79 Å². The molecule has 8 nitrogen and oxygen atoms in total. The second-order valence-corrected chi connectivity index (χ2v) is 7.04. The Labute approximate surface area is 188 Å². The van der Waals surface area contributed by atoms with E-state index in [2.05, 4.69) is 10.6 Å².